The number of nitrogens with two attached hydrogens (primary N) is 1. The first-order chi connectivity index (χ1) is 8.72. The largest absolute Gasteiger partial charge is 0.330 e. The van der Waals surface area contributed by atoms with Gasteiger partial charge in [0.1, 0.15) is 0 Å². The fraction of sp³-hybridized carbons (Fsp3) is 0.625. The fourth-order valence-corrected chi connectivity index (χ4v) is 2.74. The maximum absolute atomic E-state index is 5.70. The quantitative estimate of drug-likeness (QED) is 0.865. The maximum atomic E-state index is 5.70. The normalized spacial score (nSPS) is 22.3. The van der Waals surface area contributed by atoms with Crippen molar-refractivity contribution in [1.29, 1.82) is 0 Å². The highest BCUT2D eigenvalue weighted by atomic mass is 15.1. The van der Waals surface area contributed by atoms with Crippen molar-refractivity contribution >= 4 is 0 Å². The lowest BCUT2D eigenvalue weighted by atomic mass is 10.00. The van der Waals surface area contributed by atoms with Crippen LogP contribution in [0.1, 0.15) is 43.7 Å². The van der Waals surface area contributed by atoms with E-state index < -0.39 is 0 Å². The summed E-state index contributed by atoms with van der Waals surface area (Å²) >= 11 is 0. The van der Waals surface area contributed by atoms with Crippen molar-refractivity contribution in [2.24, 2.45) is 11.7 Å². The van der Waals surface area contributed by atoms with Crippen molar-refractivity contribution in [2.45, 2.75) is 39.2 Å². The standard InChI is InChI=1S/C16H26N2/c1-3-14-8-9-18(11-14)12-15-4-6-16(7-5-15)13(2)10-17/h4-7,13-14H,3,8-12,17H2,1-2H3. The van der Waals surface area contributed by atoms with Crippen LogP contribution in [-0.2, 0) is 6.54 Å². The molecular weight excluding hydrogens is 220 g/mol. The Morgan fingerprint density at radius 1 is 1.33 bits per heavy atom. The molecule has 1 aliphatic heterocycles. The molecule has 1 heterocycles. The van der Waals surface area contributed by atoms with Crippen LogP contribution in [0.25, 0.3) is 0 Å². The van der Waals surface area contributed by atoms with E-state index in [9.17, 15) is 0 Å². The van der Waals surface area contributed by atoms with E-state index in [4.69, 9.17) is 5.73 Å². The molecule has 2 heteroatoms. The highest BCUT2D eigenvalue weighted by Gasteiger charge is 2.20. The minimum atomic E-state index is 0.468. The van der Waals surface area contributed by atoms with Crippen LogP contribution >= 0.6 is 0 Å². The molecule has 0 saturated carbocycles. The second-order valence-corrected chi connectivity index (χ2v) is 5.68. The number of benzene rings is 1. The molecule has 100 valence electrons. The molecule has 2 unspecified atom stereocenters. The van der Waals surface area contributed by atoms with E-state index in [0.717, 1.165) is 19.0 Å². The van der Waals surface area contributed by atoms with Crippen LogP contribution in [0.4, 0.5) is 0 Å². The van der Waals surface area contributed by atoms with Gasteiger partial charge in [-0.2, -0.15) is 0 Å². The molecule has 0 aliphatic carbocycles. The number of likely N-dealkylation sites (tertiary alicyclic amines) is 1. The van der Waals surface area contributed by atoms with Crippen LogP contribution in [0.15, 0.2) is 24.3 Å². The third-order valence-corrected chi connectivity index (χ3v) is 4.26. The number of rotatable bonds is 5. The molecule has 1 fully saturated rings. The summed E-state index contributed by atoms with van der Waals surface area (Å²) in [4.78, 5) is 2.58. The van der Waals surface area contributed by atoms with Crippen molar-refractivity contribution in [3.8, 4) is 0 Å². The molecule has 1 aromatic carbocycles. The summed E-state index contributed by atoms with van der Waals surface area (Å²) in [5.41, 5.74) is 8.48. The van der Waals surface area contributed by atoms with Gasteiger partial charge in [-0.25, -0.2) is 0 Å². The Balaban J connectivity index is 1.90. The number of nitrogens with zero attached hydrogens (tertiary/aromatic N) is 1. The number of hydrogen-bond donors (Lipinski definition) is 1. The average Bonchev–Trinajstić information content (AvgIpc) is 2.86. The first-order valence-electron chi connectivity index (χ1n) is 7.24. The van der Waals surface area contributed by atoms with Gasteiger partial charge in [0.15, 0.2) is 0 Å². The lowest BCUT2D eigenvalue weighted by Crippen LogP contribution is -2.20. The summed E-state index contributed by atoms with van der Waals surface area (Å²) in [5, 5.41) is 0. The summed E-state index contributed by atoms with van der Waals surface area (Å²) < 4.78 is 0. The lowest BCUT2D eigenvalue weighted by Gasteiger charge is -2.16. The summed E-state index contributed by atoms with van der Waals surface area (Å²) in [6.45, 7) is 8.85. The third kappa shape index (κ3) is 3.33. The van der Waals surface area contributed by atoms with Crippen molar-refractivity contribution in [1.82, 2.24) is 4.90 Å². The first kappa shape index (κ1) is 13.6. The van der Waals surface area contributed by atoms with Crippen molar-refractivity contribution in [3.05, 3.63) is 35.4 Å². The Labute approximate surface area is 111 Å². The molecule has 2 atom stereocenters. The lowest BCUT2D eigenvalue weighted by molar-refractivity contribution is 0.315. The Kier molecular flexibility index (Phi) is 4.79. The van der Waals surface area contributed by atoms with E-state index >= 15 is 0 Å². The SMILES string of the molecule is CCC1CCN(Cc2ccc(C(C)CN)cc2)C1. The van der Waals surface area contributed by atoms with Gasteiger partial charge < -0.3 is 5.73 Å². The highest BCUT2D eigenvalue weighted by Crippen LogP contribution is 2.21. The van der Waals surface area contributed by atoms with Gasteiger partial charge in [-0.1, -0.05) is 44.5 Å². The van der Waals surface area contributed by atoms with Crippen LogP contribution in [0.2, 0.25) is 0 Å². The molecule has 0 bridgehead atoms. The Hall–Kier alpha value is -0.860. The van der Waals surface area contributed by atoms with Gasteiger partial charge >= 0.3 is 0 Å². The first-order valence-corrected chi connectivity index (χ1v) is 7.24. The van der Waals surface area contributed by atoms with Crippen molar-refractivity contribution < 1.29 is 0 Å². The molecule has 2 rings (SSSR count). The molecule has 0 spiro atoms. The van der Waals surface area contributed by atoms with Crippen LogP contribution < -0.4 is 5.73 Å². The second kappa shape index (κ2) is 6.35. The van der Waals surface area contributed by atoms with E-state index in [1.807, 2.05) is 0 Å². The predicted molar refractivity (Wildman–Crippen MR) is 77.6 cm³/mol. The molecule has 0 aromatic heterocycles. The van der Waals surface area contributed by atoms with E-state index in [1.54, 1.807) is 0 Å². The zero-order valence-electron chi connectivity index (χ0n) is 11.7. The molecule has 0 radical (unpaired) electrons. The average molecular weight is 246 g/mol. The van der Waals surface area contributed by atoms with Crippen molar-refractivity contribution in [2.75, 3.05) is 19.6 Å². The summed E-state index contributed by atoms with van der Waals surface area (Å²) in [5.74, 6) is 1.39. The summed E-state index contributed by atoms with van der Waals surface area (Å²) in [6, 6.07) is 9.00. The third-order valence-electron chi connectivity index (χ3n) is 4.26. The molecule has 0 amide bonds. The van der Waals surface area contributed by atoms with E-state index in [0.29, 0.717) is 5.92 Å². The van der Waals surface area contributed by atoms with Crippen LogP contribution in [-0.4, -0.2) is 24.5 Å². The molecule has 1 aromatic rings. The molecule has 1 saturated heterocycles. The monoisotopic (exact) mass is 246 g/mol. The van der Waals surface area contributed by atoms with Gasteiger partial charge in [0.25, 0.3) is 0 Å². The van der Waals surface area contributed by atoms with Gasteiger partial charge in [-0.15, -0.1) is 0 Å². The Morgan fingerprint density at radius 3 is 2.61 bits per heavy atom. The van der Waals surface area contributed by atoms with Crippen LogP contribution in [0, 0.1) is 5.92 Å². The molecular formula is C16H26N2. The maximum Gasteiger partial charge on any atom is 0.0233 e. The summed E-state index contributed by atoms with van der Waals surface area (Å²) in [6.07, 6.45) is 2.70. The molecule has 2 nitrogen and oxygen atoms in total. The van der Waals surface area contributed by atoms with Crippen LogP contribution in [0.3, 0.4) is 0 Å². The van der Waals surface area contributed by atoms with E-state index in [-0.39, 0.29) is 0 Å². The van der Waals surface area contributed by atoms with Gasteiger partial charge in [0.05, 0.1) is 0 Å². The molecule has 2 N–H and O–H groups in total. The minimum Gasteiger partial charge on any atom is -0.330 e. The zero-order valence-corrected chi connectivity index (χ0v) is 11.7. The van der Waals surface area contributed by atoms with Crippen molar-refractivity contribution in [3.63, 3.8) is 0 Å². The smallest absolute Gasteiger partial charge is 0.0233 e. The van der Waals surface area contributed by atoms with E-state index in [2.05, 4.69) is 43.0 Å². The Bertz CT molecular complexity index is 358. The Morgan fingerprint density at radius 2 is 2.06 bits per heavy atom. The summed E-state index contributed by atoms with van der Waals surface area (Å²) in [7, 11) is 0. The second-order valence-electron chi connectivity index (χ2n) is 5.68. The molecule has 18 heavy (non-hydrogen) atoms. The van der Waals surface area contributed by atoms with Gasteiger partial charge in [-0.05, 0) is 42.5 Å². The predicted octanol–water partition coefficient (Wildman–Crippen LogP) is 2.98. The van der Waals surface area contributed by atoms with Gasteiger partial charge in [0, 0.05) is 13.1 Å². The molecule has 1 aliphatic rings. The number of hydrogen-bond acceptors (Lipinski definition) is 2. The zero-order chi connectivity index (χ0) is 13.0. The van der Waals surface area contributed by atoms with Crippen LogP contribution in [0.5, 0.6) is 0 Å². The fourth-order valence-electron chi connectivity index (χ4n) is 2.74. The van der Waals surface area contributed by atoms with Gasteiger partial charge in [0.2, 0.25) is 0 Å². The highest BCUT2D eigenvalue weighted by molar-refractivity contribution is 5.25. The minimum absolute atomic E-state index is 0.468. The topological polar surface area (TPSA) is 29.3 Å². The van der Waals surface area contributed by atoms with Gasteiger partial charge in [-0.3, -0.25) is 4.90 Å². The van der Waals surface area contributed by atoms with E-state index in [1.165, 1.54) is 37.1 Å².